The van der Waals surface area contributed by atoms with Crippen LogP contribution < -0.4 is 5.32 Å². The number of rotatable bonds is 3. The molecule has 0 aromatic carbocycles. The molecule has 1 fully saturated rings. The predicted octanol–water partition coefficient (Wildman–Crippen LogP) is 1.03. The molecule has 1 aromatic rings. The lowest BCUT2D eigenvalue weighted by Crippen LogP contribution is -2.42. The molecule has 1 N–H and O–H groups in total. The fourth-order valence-corrected chi connectivity index (χ4v) is 2.46. The highest BCUT2D eigenvalue weighted by Gasteiger charge is 2.23. The Kier molecular flexibility index (Phi) is 4.17. The zero-order valence-electron chi connectivity index (χ0n) is 9.90. The number of likely N-dealkylation sites (N-methyl/N-ethyl adjacent to an activating group) is 1. The summed E-state index contributed by atoms with van der Waals surface area (Å²) in [5.74, 6) is 0.188. The van der Waals surface area contributed by atoms with Crippen molar-refractivity contribution in [3.63, 3.8) is 0 Å². The monoisotopic (exact) mass is 300 g/mol. The van der Waals surface area contributed by atoms with Crippen LogP contribution in [0.25, 0.3) is 0 Å². The van der Waals surface area contributed by atoms with Crippen molar-refractivity contribution in [2.45, 2.75) is 18.9 Å². The summed E-state index contributed by atoms with van der Waals surface area (Å²) in [6.07, 6.45) is 5.75. The molecule has 1 aliphatic heterocycles. The number of halogens is 1. The van der Waals surface area contributed by atoms with E-state index in [1.807, 2.05) is 15.8 Å². The Morgan fingerprint density at radius 1 is 1.59 bits per heavy atom. The smallest absolute Gasteiger partial charge is 0.236 e. The summed E-state index contributed by atoms with van der Waals surface area (Å²) in [5.41, 5.74) is 0. The number of piperidine rings is 1. The zero-order valence-corrected chi connectivity index (χ0v) is 11.5. The van der Waals surface area contributed by atoms with Crippen molar-refractivity contribution < 1.29 is 4.79 Å². The molecule has 0 spiro atoms. The van der Waals surface area contributed by atoms with Gasteiger partial charge in [-0.05, 0) is 35.8 Å². The molecule has 0 bridgehead atoms. The van der Waals surface area contributed by atoms with E-state index in [9.17, 15) is 4.79 Å². The van der Waals surface area contributed by atoms with Gasteiger partial charge in [0.15, 0.2) is 0 Å². The lowest BCUT2D eigenvalue weighted by atomic mass is 10.1. The number of carbonyl (C=O) groups is 1. The molecule has 0 atom stereocenters. The van der Waals surface area contributed by atoms with Gasteiger partial charge in [0.05, 0.1) is 23.3 Å². The van der Waals surface area contributed by atoms with Crippen LogP contribution in [0.1, 0.15) is 18.9 Å². The van der Waals surface area contributed by atoms with Crippen LogP contribution in [0.15, 0.2) is 16.9 Å². The molecule has 2 rings (SSSR count). The fraction of sp³-hybridized carbons (Fsp3) is 0.636. The molecule has 0 unspecified atom stereocenters. The second kappa shape index (κ2) is 5.64. The Labute approximate surface area is 109 Å². The molecule has 0 aliphatic carbocycles. The van der Waals surface area contributed by atoms with E-state index >= 15 is 0 Å². The van der Waals surface area contributed by atoms with E-state index in [4.69, 9.17) is 0 Å². The van der Waals surface area contributed by atoms with E-state index in [-0.39, 0.29) is 5.91 Å². The van der Waals surface area contributed by atoms with Crippen LogP contribution in [-0.4, -0.2) is 47.3 Å². The summed E-state index contributed by atoms with van der Waals surface area (Å²) >= 11 is 3.40. The van der Waals surface area contributed by atoms with Gasteiger partial charge < -0.3 is 10.2 Å². The van der Waals surface area contributed by atoms with Crippen LogP contribution >= 0.6 is 15.9 Å². The van der Waals surface area contributed by atoms with E-state index < -0.39 is 0 Å². The maximum absolute atomic E-state index is 11.7. The van der Waals surface area contributed by atoms with Crippen LogP contribution in [0.4, 0.5) is 0 Å². The average Bonchev–Trinajstić information content (AvgIpc) is 2.76. The van der Waals surface area contributed by atoms with Gasteiger partial charge in [0, 0.05) is 19.3 Å². The molecule has 0 saturated carbocycles. The van der Waals surface area contributed by atoms with Crippen molar-refractivity contribution in [1.29, 1.82) is 0 Å². The summed E-state index contributed by atoms with van der Waals surface area (Å²) in [5, 5.41) is 7.20. The van der Waals surface area contributed by atoms with Gasteiger partial charge in [-0.2, -0.15) is 5.10 Å². The zero-order chi connectivity index (χ0) is 12.3. The van der Waals surface area contributed by atoms with Gasteiger partial charge in [-0.15, -0.1) is 0 Å². The first kappa shape index (κ1) is 12.6. The molecule has 2 heterocycles. The number of likely N-dealkylation sites (tertiary alicyclic amines) is 1. The molecule has 1 aliphatic rings. The third-order valence-electron chi connectivity index (χ3n) is 3.09. The van der Waals surface area contributed by atoms with Crippen LogP contribution in [0, 0.1) is 0 Å². The number of hydrogen-bond donors (Lipinski definition) is 1. The summed E-state index contributed by atoms with van der Waals surface area (Å²) < 4.78 is 3.00. The topological polar surface area (TPSA) is 50.2 Å². The SMILES string of the molecule is CNCC(=O)N1CCC(n2cc(Br)cn2)CC1. The molecule has 1 saturated heterocycles. The van der Waals surface area contributed by atoms with Gasteiger partial charge in [-0.25, -0.2) is 0 Å². The predicted molar refractivity (Wildman–Crippen MR) is 68.7 cm³/mol. The van der Waals surface area contributed by atoms with Crippen molar-refractivity contribution in [2.24, 2.45) is 0 Å². The summed E-state index contributed by atoms with van der Waals surface area (Å²) in [4.78, 5) is 13.6. The second-order valence-corrected chi connectivity index (χ2v) is 5.20. The van der Waals surface area contributed by atoms with Gasteiger partial charge in [-0.1, -0.05) is 0 Å². The maximum atomic E-state index is 11.7. The number of nitrogens with one attached hydrogen (secondary N) is 1. The van der Waals surface area contributed by atoms with Crippen molar-refractivity contribution >= 4 is 21.8 Å². The average molecular weight is 301 g/mol. The standard InChI is InChI=1S/C11H17BrN4O/c1-13-7-11(17)15-4-2-10(3-5-15)16-8-9(12)6-14-16/h6,8,10,13H,2-5,7H2,1H3. The first-order valence-electron chi connectivity index (χ1n) is 5.82. The van der Waals surface area contributed by atoms with Crippen molar-refractivity contribution in [2.75, 3.05) is 26.7 Å². The maximum Gasteiger partial charge on any atom is 0.236 e. The molecule has 1 aromatic heterocycles. The largest absolute Gasteiger partial charge is 0.341 e. The fourth-order valence-electron chi connectivity index (χ4n) is 2.16. The molecule has 0 radical (unpaired) electrons. The Balaban J connectivity index is 1.88. The van der Waals surface area contributed by atoms with E-state index in [2.05, 4.69) is 26.3 Å². The summed E-state index contributed by atoms with van der Waals surface area (Å²) in [6, 6.07) is 0.417. The first-order valence-corrected chi connectivity index (χ1v) is 6.62. The van der Waals surface area contributed by atoms with Crippen LogP contribution in [0.5, 0.6) is 0 Å². The lowest BCUT2D eigenvalue weighted by molar-refractivity contribution is -0.131. The minimum atomic E-state index is 0.188. The van der Waals surface area contributed by atoms with E-state index in [0.29, 0.717) is 12.6 Å². The highest BCUT2D eigenvalue weighted by Crippen LogP contribution is 2.23. The molecule has 5 nitrogen and oxygen atoms in total. The third kappa shape index (κ3) is 3.07. The van der Waals surface area contributed by atoms with E-state index in [1.54, 1.807) is 13.2 Å². The minimum absolute atomic E-state index is 0.188. The summed E-state index contributed by atoms with van der Waals surface area (Å²) in [7, 11) is 1.80. The second-order valence-electron chi connectivity index (χ2n) is 4.28. The Morgan fingerprint density at radius 2 is 2.29 bits per heavy atom. The van der Waals surface area contributed by atoms with E-state index in [1.165, 1.54) is 0 Å². The lowest BCUT2D eigenvalue weighted by Gasteiger charge is -2.32. The Morgan fingerprint density at radius 3 is 2.82 bits per heavy atom. The van der Waals surface area contributed by atoms with Crippen molar-refractivity contribution in [1.82, 2.24) is 20.0 Å². The van der Waals surface area contributed by atoms with Gasteiger partial charge in [0.2, 0.25) is 5.91 Å². The Bertz CT molecular complexity index is 385. The molecular formula is C11H17BrN4O. The minimum Gasteiger partial charge on any atom is -0.341 e. The Hall–Kier alpha value is -0.880. The van der Waals surface area contributed by atoms with Crippen LogP contribution in [0.2, 0.25) is 0 Å². The number of aromatic nitrogens is 2. The van der Waals surface area contributed by atoms with Gasteiger partial charge in [-0.3, -0.25) is 9.48 Å². The van der Waals surface area contributed by atoms with Gasteiger partial charge >= 0.3 is 0 Å². The van der Waals surface area contributed by atoms with Crippen molar-refractivity contribution in [3.8, 4) is 0 Å². The molecule has 6 heteroatoms. The van der Waals surface area contributed by atoms with Crippen LogP contribution in [0.3, 0.4) is 0 Å². The highest BCUT2D eigenvalue weighted by atomic mass is 79.9. The normalized spacial score (nSPS) is 17.4. The van der Waals surface area contributed by atoms with E-state index in [0.717, 1.165) is 30.4 Å². The molecular weight excluding hydrogens is 284 g/mol. The van der Waals surface area contributed by atoms with Gasteiger partial charge in [0.1, 0.15) is 0 Å². The van der Waals surface area contributed by atoms with Gasteiger partial charge in [0.25, 0.3) is 0 Å². The number of hydrogen-bond acceptors (Lipinski definition) is 3. The molecule has 1 amide bonds. The third-order valence-corrected chi connectivity index (χ3v) is 3.50. The van der Waals surface area contributed by atoms with Crippen LogP contribution in [-0.2, 0) is 4.79 Å². The number of nitrogens with zero attached hydrogens (tertiary/aromatic N) is 3. The first-order chi connectivity index (χ1) is 8.20. The summed E-state index contributed by atoms with van der Waals surface area (Å²) in [6.45, 7) is 2.07. The highest BCUT2D eigenvalue weighted by molar-refractivity contribution is 9.10. The quantitative estimate of drug-likeness (QED) is 0.907. The molecule has 17 heavy (non-hydrogen) atoms. The number of amides is 1. The number of carbonyl (C=O) groups excluding carboxylic acids is 1. The van der Waals surface area contributed by atoms with Crippen molar-refractivity contribution in [3.05, 3.63) is 16.9 Å². The molecule has 94 valence electrons.